The molecular weight excluding hydrogens is 318 g/mol. The van der Waals surface area contributed by atoms with Crippen molar-refractivity contribution in [2.24, 2.45) is 0 Å². The van der Waals surface area contributed by atoms with Gasteiger partial charge in [-0.1, -0.05) is 12.1 Å². The number of aromatic nitrogens is 1. The van der Waals surface area contributed by atoms with Gasteiger partial charge in [0.1, 0.15) is 11.6 Å². The Balaban J connectivity index is 0.00000192. The zero-order chi connectivity index (χ0) is 15.5. The first-order valence-corrected chi connectivity index (χ1v) is 7.35. The van der Waals surface area contributed by atoms with E-state index in [1.165, 1.54) is 18.2 Å². The molecule has 0 saturated carbocycles. The maximum Gasteiger partial charge on any atom is 0.123 e. The van der Waals surface area contributed by atoms with Gasteiger partial charge in [-0.05, 0) is 61.3 Å². The van der Waals surface area contributed by atoms with Crippen molar-refractivity contribution in [3.63, 3.8) is 0 Å². The second-order valence-corrected chi connectivity index (χ2v) is 5.48. The number of H-pyrrole nitrogens is 1. The van der Waals surface area contributed by atoms with Gasteiger partial charge in [0.15, 0.2) is 0 Å². The van der Waals surface area contributed by atoms with Crippen molar-refractivity contribution in [2.45, 2.75) is 19.9 Å². The zero-order valence-electron chi connectivity index (χ0n) is 12.8. The Morgan fingerprint density at radius 3 is 2.61 bits per heavy atom. The molecule has 122 valence electrons. The minimum absolute atomic E-state index is 0. The molecule has 2 nitrogen and oxygen atoms in total. The van der Waals surface area contributed by atoms with Crippen LogP contribution in [0.2, 0.25) is 0 Å². The highest BCUT2D eigenvalue weighted by Crippen LogP contribution is 2.23. The van der Waals surface area contributed by atoms with E-state index in [0.717, 1.165) is 40.7 Å². The lowest BCUT2D eigenvalue weighted by Crippen LogP contribution is -2.17. The second kappa shape index (κ2) is 7.57. The molecule has 3 rings (SSSR count). The minimum atomic E-state index is -0.222. The van der Waals surface area contributed by atoms with Gasteiger partial charge in [0.25, 0.3) is 0 Å². The largest absolute Gasteiger partial charge is 0.358 e. The van der Waals surface area contributed by atoms with Gasteiger partial charge in [-0.15, -0.1) is 12.4 Å². The molecule has 0 bridgehead atoms. The summed E-state index contributed by atoms with van der Waals surface area (Å²) in [6, 6.07) is 11.4. The van der Waals surface area contributed by atoms with Crippen molar-refractivity contribution in [2.75, 3.05) is 6.54 Å². The third kappa shape index (κ3) is 4.09. The maximum atomic E-state index is 13.4. The van der Waals surface area contributed by atoms with Crippen LogP contribution in [0.25, 0.3) is 10.9 Å². The van der Waals surface area contributed by atoms with Crippen LogP contribution in [-0.4, -0.2) is 11.5 Å². The number of aryl methyl sites for hydroxylation is 1. The summed E-state index contributed by atoms with van der Waals surface area (Å²) in [5.41, 5.74) is 4.06. The van der Waals surface area contributed by atoms with E-state index < -0.39 is 0 Å². The smallest absolute Gasteiger partial charge is 0.123 e. The summed E-state index contributed by atoms with van der Waals surface area (Å²) in [7, 11) is 0. The fourth-order valence-corrected chi connectivity index (χ4v) is 2.77. The molecule has 0 aliphatic carbocycles. The number of hydrogen-bond donors (Lipinski definition) is 2. The number of aromatic amines is 1. The average Bonchev–Trinajstić information content (AvgIpc) is 2.79. The van der Waals surface area contributed by atoms with Crippen molar-refractivity contribution in [1.29, 1.82) is 0 Å². The summed E-state index contributed by atoms with van der Waals surface area (Å²) in [5, 5.41) is 4.23. The van der Waals surface area contributed by atoms with E-state index in [-0.39, 0.29) is 24.0 Å². The quantitative estimate of drug-likeness (QED) is 0.659. The Morgan fingerprint density at radius 1 is 1.04 bits per heavy atom. The molecule has 23 heavy (non-hydrogen) atoms. The van der Waals surface area contributed by atoms with Crippen LogP contribution in [0.3, 0.4) is 0 Å². The van der Waals surface area contributed by atoms with E-state index in [1.807, 2.05) is 13.0 Å². The summed E-state index contributed by atoms with van der Waals surface area (Å²) in [4.78, 5) is 3.28. The molecule has 1 heterocycles. The second-order valence-electron chi connectivity index (χ2n) is 5.48. The van der Waals surface area contributed by atoms with Crippen molar-refractivity contribution in [3.8, 4) is 0 Å². The van der Waals surface area contributed by atoms with Gasteiger partial charge in [0.05, 0.1) is 0 Å². The van der Waals surface area contributed by atoms with Gasteiger partial charge in [-0.25, -0.2) is 8.78 Å². The lowest BCUT2D eigenvalue weighted by atomic mass is 10.1. The van der Waals surface area contributed by atoms with Crippen LogP contribution in [0, 0.1) is 18.6 Å². The van der Waals surface area contributed by atoms with Crippen LogP contribution in [-0.2, 0) is 13.0 Å². The van der Waals surface area contributed by atoms with Crippen LogP contribution in [0.15, 0.2) is 42.5 Å². The molecule has 0 amide bonds. The van der Waals surface area contributed by atoms with Gasteiger partial charge >= 0.3 is 0 Å². The molecule has 2 aromatic carbocycles. The molecule has 0 saturated heterocycles. The molecule has 0 spiro atoms. The Hall–Kier alpha value is -1.91. The predicted octanol–water partition coefficient (Wildman–Crippen LogP) is 4.51. The minimum Gasteiger partial charge on any atom is -0.358 e. The van der Waals surface area contributed by atoms with Gasteiger partial charge in [-0.3, -0.25) is 0 Å². The lowest BCUT2D eigenvalue weighted by Gasteiger charge is -2.06. The van der Waals surface area contributed by atoms with Crippen molar-refractivity contribution in [1.82, 2.24) is 10.3 Å². The molecule has 0 atom stereocenters. The first-order chi connectivity index (χ1) is 10.6. The summed E-state index contributed by atoms with van der Waals surface area (Å²) in [5.74, 6) is -0.442. The molecule has 0 radical (unpaired) electrons. The van der Waals surface area contributed by atoms with E-state index in [9.17, 15) is 8.78 Å². The normalized spacial score (nSPS) is 10.7. The van der Waals surface area contributed by atoms with Crippen LogP contribution >= 0.6 is 12.4 Å². The molecule has 0 unspecified atom stereocenters. The van der Waals surface area contributed by atoms with Crippen molar-refractivity contribution < 1.29 is 8.78 Å². The van der Waals surface area contributed by atoms with Crippen LogP contribution < -0.4 is 5.32 Å². The molecule has 0 aliphatic heterocycles. The fraction of sp³-hybridized carbons (Fsp3) is 0.222. The molecule has 1 aromatic heterocycles. The van der Waals surface area contributed by atoms with Gasteiger partial charge in [0.2, 0.25) is 0 Å². The summed E-state index contributed by atoms with van der Waals surface area (Å²) in [6.07, 6.45) is 0.796. The highest BCUT2D eigenvalue weighted by molar-refractivity contribution is 5.85. The lowest BCUT2D eigenvalue weighted by molar-refractivity contribution is 0.620. The topological polar surface area (TPSA) is 27.8 Å². The molecule has 0 fully saturated rings. The van der Waals surface area contributed by atoms with Crippen LogP contribution in [0.5, 0.6) is 0 Å². The van der Waals surface area contributed by atoms with E-state index >= 15 is 0 Å². The van der Waals surface area contributed by atoms with Gasteiger partial charge < -0.3 is 10.3 Å². The third-order valence-electron chi connectivity index (χ3n) is 3.85. The monoisotopic (exact) mass is 336 g/mol. The Labute approximate surface area is 140 Å². The van der Waals surface area contributed by atoms with Crippen LogP contribution in [0.1, 0.15) is 16.8 Å². The number of halogens is 3. The van der Waals surface area contributed by atoms with Gasteiger partial charge in [0, 0.05) is 23.1 Å². The fourth-order valence-electron chi connectivity index (χ4n) is 2.77. The van der Waals surface area contributed by atoms with Crippen molar-refractivity contribution in [3.05, 3.63) is 70.9 Å². The van der Waals surface area contributed by atoms with Crippen LogP contribution in [0.4, 0.5) is 8.78 Å². The molecule has 5 heteroatoms. The molecular formula is C18H19ClF2N2. The van der Waals surface area contributed by atoms with E-state index in [4.69, 9.17) is 0 Å². The highest BCUT2D eigenvalue weighted by atomic mass is 35.5. The maximum absolute atomic E-state index is 13.4. The predicted molar refractivity (Wildman–Crippen MR) is 92.1 cm³/mol. The molecule has 2 N–H and O–H groups in total. The highest BCUT2D eigenvalue weighted by Gasteiger charge is 2.08. The summed E-state index contributed by atoms with van der Waals surface area (Å²) in [6.45, 7) is 3.37. The number of benzene rings is 2. The number of nitrogens with one attached hydrogen (secondary N) is 2. The first kappa shape index (κ1) is 17.4. The Kier molecular flexibility index (Phi) is 5.74. The summed E-state index contributed by atoms with van der Waals surface area (Å²) < 4.78 is 26.5. The third-order valence-corrected chi connectivity index (χ3v) is 3.85. The first-order valence-electron chi connectivity index (χ1n) is 7.35. The molecule has 0 aliphatic rings. The number of rotatable bonds is 5. The standard InChI is InChI=1S/C18H18F2N2.ClH/c1-12-16(17-10-15(20)5-6-18(17)22-12)7-8-21-11-13-3-2-4-14(19)9-13;/h2-6,9-10,21-22H,7-8,11H2,1H3;1H. The summed E-state index contributed by atoms with van der Waals surface area (Å²) >= 11 is 0. The van der Waals surface area contributed by atoms with E-state index in [1.54, 1.807) is 18.2 Å². The SMILES string of the molecule is Cc1[nH]c2ccc(F)cc2c1CCNCc1cccc(F)c1.Cl. The van der Waals surface area contributed by atoms with E-state index in [2.05, 4.69) is 10.3 Å². The average molecular weight is 337 g/mol. The van der Waals surface area contributed by atoms with E-state index in [0.29, 0.717) is 6.54 Å². The number of hydrogen-bond acceptors (Lipinski definition) is 1. The van der Waals surface area contributed by atoms with Crippen molar-refractivity contribution >= 4 is 23.3 Å². The Bertz CT molecular complexity index is 799. The molecule has 3 aromatic rings. The zero-order valence-corrected chi connectivity index (χ0v) is 13.6. The van der Waals surface area contributed by atoms with Gasteiger partial charge in [-0.2, -0.15) is 0 Å². The number of fused-ring (bicyclic) bond motifs is 1. The Morgan fingerprint density at radius 2 is 1.83 bits per heavy atom.